The van der Waals surface area contributed by atoms with E-state index in [1.54, 1.807) is 18.3 Å². The minimum Gasteiger partial charge on any atom is -0.494 e. The van der Waals surface area contributed by atoms with Gasteiger partial charge < -0.3 is 33.7 Å². The zero-order chi connectivity index (χ0) is 26.1. The number of fused-ring (bicyclic) bond motifs is 1. The number of esters is 1. The molecular formula is C26H31N5O6. The van der Waals surface area contributed by atoms with E-state index in [0.29, 0.717) is 53.9 Å². The summed E-state index contributed by atoms with van der Waals surface area (Å²) in [4.78, 5) is 37.1. The maximum Gasteiger partial charge on any atom is 0.407 e. The number of carbonyl (C=O) groups is 2. The third-order valence-electron chi connectivity index (χ3n) is 7.10. The van der Waals surface area contributed by atoms with E-state index in [1.165, 1.54) is 19.1 Å². The molecule has 1 amide bonds. The van der Waals surface area contributed by atoms with Crippen molar-refractivity contribution in [1.29, 1.82) is 0 Å². The van der Waals surface area contributed by atoms with Gasteiger partial charge in [-0.05, 0) is 44.0 Å². The van der Waals surface area contributed by atoms with E-state index in [-0.39, 0.29) is 12.6 Å². The predicted octanol–water partition coefficient (Wildman–Crippen LogP) is 3.26. The summed E-state index contributed by atoms with van der Waals surface area (Å²) in [5, 5.41) is 9.48. The summed E-state index contributed by atoms with van der Waals surface area (Å²) < 4.78 is 18.5. The molecule has 1 N–H and O–H groups in total. The highest BCUT2D eigenvalue weighted by Gasteiger charge is 2.28. The number of nitrogens with zero attached hydrogens (tertiary/aromatic N) is 5. The number of pyridine rings is 1. The molecule has 11 nitrogen and oxygen atoms in total. The molecule has 0 bridgehead atoms. The van der Waals surface area contributed by atoms with Gasteiger partial charge in [0, 0.05) is 30.9 Å². The molecule has 3 aromatic rings. The number of ether oxygens (including phenoxy) is 3. The molecule has 0 aliphatic carbocycles. The summed E-state index contributed by atoms with van der Waals surface area (Å²) in [6, 6.07) is 7.73. The third-order valence-corrected chi connectivity index (χ3v) is 7.10. The molecule has 2 aliphatic rings. The van der Waals surface area contributed by atoms with Gasteiger partial charge in [0.05, 0.1) is 51.1 Å². The van der Waals surface area contributed by atoms with Gasteiger partial charge in [-0.2, -0.15) is 0 Å². The van der Waals surface area contributed by atoms with Crippen molar-refractivity contribution in [2.75, 3.05) is 45.4 Å². The number of hydrogen-bond acceptors (Lipinski definition) is 8. The van der Waals surface area contributed by atoms with Crippen molar-refractivity contribution >= 4 is 28.9 Å². The molecule has 2 aliphatic heterocycles. The quantitative estimate of drug-likeness (QED) is 0.499. The van der Waals surface area contributed by atoms with Gasteiger partial charge in [-0.3, -0.25) is 0 Å². The molecule has 11 heteroatoms. The Kier molecular flexibility index (Phi) is 6.88. The summed E-state index contributed by atoms with van der Waals surface area (Å²) in [7, 11) is 2.86. The van der Waals surface area contributed by atoms with Crippen LogP contribution in [-0.2, 0) is 16.0 Å². The van der Waals surface area contributed by atoms with Crippen LogP contribution in [0.15, 0.2) is 30.5 Å². The Morgan fingerprint density at radius 3 is 2.70 bits per heavy atom. The van der Waals surface area contributed by atoms with Gasteiger partial charge >= 0.3 is 12.1 Å². The van der Waals surface area contributed by atoms with Crippen LogP contribution in [0.5, 0.6) is 5.75 Å². The molecule has 0 saturated carbocycles. The lowest BCUT2D eigenvalue weighted by atomic mass is 10.1. The molecule has 4 heterocycles. The predicted molar refractivity (Wildman–Crippen MR) is 136 cm³/mol. The molecule has 0 radical (unpaired) electrons. The van der Waals surface area contributed by atoms with Crippen LogP contribution in [0.1, 0.15) is 30.1 Å². The van der Waals surface area contributed by atoms with E-state index in [9.17, 15) is 14.7 Å². The normalized spacial score (nSPS) is 19.9. The molecule has 37 heavy (non-hydrogen) atoms. The van der Waals surface area contributed by atoms with Gasteiger partial charge in [0.15, 0.2) is 0 Å². The van der Waals surface area contributed by atoms with Crippen LogP contribution in [0.3, 0.4) is 0 Å². The molecular weight excluding hydrogens is 478 g/mol. The summed E-state index contributed by atoms with van der Waals surface area (Å²) in [5.74, 6) is 1.52. The third kappa shape index (κ3) is 4.78. The number of hydrogen-bond donors (Lipinski definition) is 1. The largest absolute Gasteiger partial charge is 0.494 e. The fourth-order valence-electron chi connectivity index (χ4n) is 5.19. The Morgan fingerprint density at radius 1 is 1.22 bits per heavy atom. The number of methoxy groups -OCH3 is 2. The Labute approximate surface area is 214 Å². The lowest BCUT2D eigenvalue weighted by Crippen LogP contribution is -2.46. The number of imidazole rings is 1. The smallest absolute Gasteiger partial charge is 0.407 e. The zero-order valence-electron chi connectivity index (χ0n) is 21.2. The molecule has 0 unspecified atom stereocenters. The van der Waals surface area contributed by atoms with E-state index in [0.717, 1.165) is 30.8 Å². The van der Waals surface area contributed by atoms with Crippen LogP contribution in [0.2, 0.25) is 0 Å². The number of aromatic nitrogens is 3. The highest BCUT2D eigenvalue weighted by Crippen LogP contribution is 2.34. The van der Waals surface area contributed by atoms with Crippen LogP contribution in [0.4, 0.5) is 10.6 Å². The second-order valence-corrected chi connectivity index (χ2v) is 9.39. The van der Waals surface area contributed by atoms with E-state index in [1.807, 2.05) is 16.7 Å². The fraction of sp³-hybridized carbons (Fsp3) is 0.462. The van der Waals surface area contributed by atoms with E-state index in [2.05, 4.69) is 11.8 Å². The summed E-state index contributed by atoms with van der Waals surface area (Å²) >= 11 is 0. The average molecular weight is 510 g/mol. The highest BCUT2D eigenvalue weighted by atomic mass is 16.5. The Hall–Kier alpha value is -3.86. The number of carboxylic acid groups (broad SMARTS) is 1. The van der Waals surface area contributed by atoms with Gasteiger partial charge in [-0.15, -0.1) is 0 Å². The summed E-state index contributed by atoms with van der Waals surface area (Å²) in [6.45, 7) is 4.41. The molecule has 196 valence electrons. The number of amides is 1. The first-order valence-electron chi connectivity index (χ1n) is 12.4. The maximum absolute atomic E-state index is 12.3. The maximum atomic E-state index is 12.3. The number of morpholine rings is 1. The topological polar surface area (TPSA) is 119 Å². The second-order valence-electron chi connectivity index (χ2n) is 9.39. The molecule has 2 saturated heterocycles. The van der Waals surface area contributed by atoms with E-state index >= 15 is 0 Å². The second kappa shape index (κ2) is 10.3. The molecule has 1 aromatic carbocycles. The van der Waals surface area contributed by atoms with Crippen LogP contribution >= 0.6 is 0 Å². The number of rotatable bonds is 6. The number of carbonyl (C=O) groups excluding carboxylic acids is 1. The Balaban J connectivity index is 1.59. The summed E-state index contributed by atoms with van der Waals surface area (Å²) in [6.07, 6.45) is 2.74. The van der Waals surface area contributed by atoms with Gasteiger partial charge in [0.2, 0.25) is 0 Å². The van der Waals surface area contributed by atoms with E-state index < -0.39 is 12.1 Å². The zero-order valence-corrected chi connectivity index (χ0v) is 21.2. The van der Waals surface area contributed by atoms with Crippen molar-refractivity contribution in [2.24, 2.45) is 0 Å². The SMILES string of the molecule is COC(=O)c1cc(OC)c2c(c1)nc(-c1ccc(N3CCC[C@@H]3C)nc1)n2C[C@@H]1CN(C(=O)O)CCO1. The van der Waals surface area contributed by atoms with Crippen molar-refractivity contribution < 1.29 is 28.9 Å². The number of benzene rings is 1. The van der Waals surface area contributed by atoms with Crippen molar-refractivity contribution in [2.45, 2.75) is 38.5 Å². The molecule has 5 rings (SSSR count). The monoisotopic (exact) mass is 509 g/mol. The highest BCUT2D eigenvalue weighted by molar-refractivity contribution is 5.97. The van der Waals surface area contributed by atoms with Crippen molar-refractivity contribution in [3.8, 4) is 17.1 Å². The van der Waals surface area contributed by atoms with Gasteiger partial charge in [0.1, 0.15) is 22.9 Å². The van der Waals surface area contributed by atoms with Gasteiger partial charge in [0.25, 0.3) is 0 Å². The minimum atomic E-state index is -0.972. The van der Waals surface area contributed by atoms with Crippen molar-refractivity contribution in [1.82, 2.24) is 19.4 Å². The summed E-state index contributed by atoms with van der Waals surface area (Å²) in [5.41, 5.74) is 2.35. The van der Waals surface area contributed by atoms with E-state index in [4.69, 9.17) is 24.2 Å². The fourth-order valence-corrected chi connectivity index (χ4v) is 5.19. The lowest BCUT2D eigenvalue weighted by Gasteiger charge is -2.31. The average Bonchev–Trinajstić information content (AvgIpc) is 3.51. The van der Waals surface area contributed by atoms with Gasteiger partial charge in [-0.25, -0.2) is 19.6 Å². The molecule has 2 aromatic heterocycles. The first kappa shape index (κ1) is 24.8. The minimum absolute atomic E-state index is 0.237. The van der Waals surface area contributed by atoms with Crippen molar-refractivity contribution in [3.63, 3.8) is 0 Å². The standard InChI is InChI=1S/C26H31N5O6/c1-16-5-4-8-30(16)22-7-6-17(13-27-22)24-28-20-11-18(25(32)36-3)12-21(35-2)23(20)31(24)15-19-14-29(26(33)34)9-10-37-19/h6-7,11-13,16,19H,4-5,8-10,14-15H2,1-3H3,(H,33,34)/t16-,19-/m0/s1. The Bertz CT molecular complexity index is 1310. The van der Waals surface area contributed by atoms with Crippen molar-refractivity contribution in [3.05, 3.63) is 36.0 Å². The van der Waals surface area contributed by atoms with Crippen LogP contribution in [0, 0.1) is 0 Å². The first-order chi connectivity index (χ1) is 17.9. The Morgan fingerprint density at radius 2 is 2.05 bits per heavy atom. The first-order valence-corrected chi connectivity index (χ1v) is 12.4. The molecule has 2 fully saturated rings. The van der Waals surface area contributed by atoms with Crippen LogP contribution in [-0.4, -0.2) is 89.2 Å². The lowest BCUT2D eigenvalue weighted by molar-refractivity contribution is -0.0286. The molecule has 2 atom stereocenters. The van der Waals surface area contributed by atoms with Crippen LogP contribution in [0.25, 0.3) is 22.4 Å². The number of anilines is 1. The van der Waals surface area contributed by atoms with Gasteiger partial charge in [-0.1, -0.05) is 0 Å². The molecule has 0 spiro atoms. The van der Waals surface area contributed by atoms with Crippen LogP contribution < -0.4 is 9.64 Å².